The van der Waals surface area contributed by atoms with Gasteiger partial charge in [0.05, 0.1) is 10.7 Å². The third-order valence-corrected chi connectivity index (χ3v) is 4.11. The molecular weight excluding hydrogens is 354 g/mol. The van der Waals surface area contributed by atoms with Gasteiger partial charge in [-0.15, -0.1) is 5.10 Å². The van der Waals surface area contributed by atoms with Crippen LogP contribution in [0.1, 0.15) is 19.4 Å². The molecule has 0 aliphatic rings. The van der Waals surface area contributed by atoms with E-state index in [2.05, 4.69) is 30.9 Å². The highest BCUT2D eigenvalue weighted by atomic mass is 35.5. The van der Waals surface area contributed by atoms with Gasteiger partial charge >= 0.3 is 0 Å². The van der Waals surface area contributed by atoms with Crippen molar-refractivity contribution in [3.63, 3.8) is 0 Å². The quantitative estimate of drug-likeness (QED) is 0.460. The third kappa shape index (κ3) is 3.94. The van der Waals surface area contributed by atoms with Crippen molar-refractivity contribution in [3.8, 4) is 0 Å². The number of aromatic nitrogens is 5. The number of halogens is 1. The van der Waals surface area contributed by atoms with E-state index in [-0.39, 0.29) is 6.04 Å². The van der Waals surface area contributed by atoms with Crippen LogP contribution in [0.25, 0.3) is 11.2 Å². The van der Waals surface area contributed by atoms with Crippen molar-refractivity contribution < 1.29 is 0 Å². The first-order valence-electron chi connectivity index (χ1n) is 8.36. The van der Waals surface area contributed by atoms with Crippen LogP contribution < -0.4 is 22.1 Å². The van der Waals surface area contributed by atoms with Gasteiger partial charge in [-0.1, -0.05) is 22.9 Å². The number of rotatable bonds is 7. The standard InChI is InChI=1S/C16H22ClN9/c1-3-26-15-13(24-25-26)14(22-16(23-15)21-7-9(2)18)20-8-10-4-5-11(17)12(19)6-10/h4-6,9H,3,7-8,18-19H2,1-2H3,(H2,20,21,22,23). The summed E-state index contributed by atoms with van der Waals surface area (Å²) in [6.07, 6.45) is 0. The number of nitrogens with one attached hydrogen (secondary N) is 2. The molecule has 26 heavy (non-hydrogen) atoms. The van der Waals surface area contributed by atoms with E-state index in [1.807, 2.05) is 26.0 Å². The Bertz CT molecular complexity index is 906. The van der Waals surface area contributed by atoms with E-state index in [0.717, 1.165) is 5.56 Å². The van der Waals surface area contributed by atoms with Crippen LogP contribution >= 0.6 is 11.6 Å². The van der Waals surface area contributed by atoms with Crippen LogP contribution in [0.3, 0.4) is 0 Å². The van der Waals surface area contributed by atoms with Gasteiger partial charge in [0.15, 0.2) is 17.0 Å². The summed E-state index contributed by atoms with van der Waals surface area (Å²) >= 11 is 5.97. The summed E-state index contributed by atoms with van der Waals surface area (Å²) in [7, 11) is 0. The third-order valence-electron chi connectivity index (χ3n) is 3.76. The van der Waals surface area contributed by atoms with Gasteiger partial charge in [0.1, 0.15) is 0 Å². The minimum absolute atomic E-state index is 0.0167. The molecule has 0 bridgehead atoms. The van der Waals surface area contributed by atoms with Crippen LogP contribution in [-0.2, 0) is 13.1 Å². The van der Waals surface area contributed by atoms with E-state index < -0.39 is 0 Å². The summed E-state index contributed by atoms with van der Waals surface area (Å²) < 4.78 is 1.72. The van der Waals surface area contributed by atoms with E-state index in [0.29, 0.717) is 53.3 Å². The molecule has 3 aromatic rings. The number of benzene rings is 1. The summed E-state index contributed by atoms with van der Waals surface area (Å²) in [6, 6.07) is 5.48. The highest BCUT2D eigenvalue weighted by Crippen LogP contribution is 2.23. The minimum Gasteiger partial charge on any atom is -0.398 e. The maximum absolute atomic E-state index is 5.97. The molecule has 0 saturated carbocycles. The molecule has 0 spiro atoms. The minimum atomic E-state index is -0.0167. The monoisotopic (exact) mass is 375 g/mol. The van der Waals surface area contributed by atoms with Crippen molar-refractivity contribution in [2.45, 2.75) is 33.0 Å². The summed E-state index contributed by atoms with van der Waals surface area (Å²) in [5.74, 6) is 1.07. The predicted molar refractivity (Wildman–Crippen MR) is 104 cm³/mol. The maximum Gasteiger partial charge on any atom is 0.226 e. The molecule has 0 aliphatic carbocycles. The Morgan fingerprint density at radius 3 is 2.77 bits per heavy atom. The summed E-state index contributed by atoms with van der Waals surface area (Å²) in [4.78, 5) is 9.02. The van der Waals surface area contributed by atoms with E-state index in [9.17, 15) is 0 Å². The van der Waals surface area contributed by atoms with Gasteiger partial charge in [0.2, 0.25) is 5.95 Å². The number of aryl methyl sites for hydroxylation is 1. The smallest absolute Gasteiger partial charge is 0.226 e. The molecule has 1 unspecified atom stereocenters. The van der Waals surface area contributed by atoms with Gasteiger partial charge in [-0.2, -0.15) is 9.97 Å². The lowest BCUT2D eigenvalue weighted by Gasteiger charge is -2.11. The average molecular weight is 376 g/mol. The Balaban J connectivity index is 1.89. The molecule has 6 N–H and O–H groups in total. The number of nitrogens with two attached hydrogens (primary N) is 2. The molecule has 3 rings (SSSR count). The van der Waals surface area contributed by atoms with Crippen LogP contribution in [0.15, 0.2) is 18.2 Å². The predicted octanol–water partition coefficient (Wildman–Crippen LogP) is 1.85. The molecule has 0 saturated heterocycles. The normalized spacial score (nSPS) is 12.3. The summed E-state index contributed by atoms with van der Waals surface area (Å²) in [6.45, 7) is 5.63. The number of hydrogen-bond acceptors (Lipinski definition) is 8. The molecule has 1 aromatic carbocycles. The van der Waals surface area contributed by atoms with Gasteiger partial charge in [-0.25, -0.2) is 4.68 Å². The average Bonchev–Trinajstić information content (AvgIpc) is 3.03. The van der Waals surface area contributed by atoms with E-state index in [4.69, 9.17) is 23.1 Å². The van der Waals surface area contributed by atoms with E-state index >= 15 is 0 Å². The fraction of sp³-hybridized carbons (Fsp3) is 0.375. The van der Waals surface area contributed by atoms with Crippen molar-refractivity contribution in [2.24, 2.45) is 5.73 Å². The van der Waals surface area contributed by atoms with Crippen LogP contribution in [-0.4, -0.2) is 37.5 Å². The topological polar surface area (TPSA) is 133 Å². The summed E-state index contributed by atoms with van der Waals surface area (Å²) in [5, 5.41) is 15.3. The second kappa shape index (κ2) is 7.71. The molecule has 0 radical (unpaired) electrons. The Morgan fingerprint density at radius 1 is 1.27 bits per heavy atom. The molecule has 9 nitrogen and oxygen atoms in total. The maximum atomic E-state index is 5.97. The van der Waals surface area contributed by atoms with Crippen LogP contribution in [0.2, 0.25) is 5.02 Å². The zero-order chi connectivity index (χ0) is 18.7. The van der Waals surface area contributed by atoms with Gasteiger partial charge < -0.3 is 22.1 Å². The van der Waals surface area contributed by atoms with Gasteiger partial charge in [0, 0.05) is 25.7 Å². The molecule has 0 amide bonds. The van der Waals surface area contributed by atoms with E-state index in [1.54, 1.807) is 10.7 Å². The molecule has 1 atom stereocenters. The fourth-order valence-electron chi connectivity index (χ4n) is 2.41. The molecule has 2 aromatic heterocycles. The molecule has 0 aliphatic heterocycles. The lowest BCUT2D eigenvalue weighted by molar-refractivity contribution is 0.641. The highest BCUT2D eigenvalue weighted by molar-refractivity contribution is 6.33. The SMILES string of the molecule is CCn1nnc2c(NCc3ccc(Cl)c(N)c3)nc(NCC(C)N)nc21. The molecule has 10 heteroatoms. The number of hydrogen-bond donors (Lipinski definition) is 4. The van der Waals surface area contributed by atoms with E-state index in [1.165, 1.54) is 0 Å². The zero-order valence-corrected chi connectivity index (χ0v) is 15.5. The number of fused-ring (bicyclic) bond motifs is 1. The van der Waals surface area contributed by atoms with Crippen LogP contribution in [0.4, 0.5) is 17.5 Å². The Kier molecular flexibility index (Phi) is 5.38. The first kappa shape index (κ1) is 18.2. The first-order chi connectivity index (χ1) is 12.5. The van der Waals surface area contributed by atoms with Crippen LogP contribution in [0.5, 0.6) is 0 Å². The number of nitrogens with zero attached hydrogens (tertiary/aromatic N) is 5. The fourth-order valence-corrected chi connectivity index (χ4v) is 2.53. The Labute approximate surface area is 156 Å². The van der Waals surface area contributed by atoms with Crippen molar-refractivity contribution in [1.29, 1.82) is 0 Å². The molecule has 2 heterocycles. The largest absolute Gasteiger partial charge is 0.398 e. The number of nitrogen functional groups attached to an aromatic ring is 1. The molecule has 138 valence electrons. The van der Waals surface area contributed by atoms with Crippen molar-refractivity contribution in [3.05, 3.63) is 28.8 Å². The van der Waals surface area contributed by atoms with Gasteiger partial charge in [0.25, 0.3) is 0 Å². The van der Waals surface area contributed by atoms with Crippen molar-refractivity contribution >= 4 is 40.2 Å². The molecule has 0 fully saturated rings. The second-order valence-electron chi connectivity index (χ2n) is 6.04. The molecular formula is C16H22ClN9. The second-order valence-corrected chi connectivity index (χ2v) is 6.45. The Hall–Kier alpha value is -2.65. The summed E-state index contributed by atoms with van der Waals surface area (Å²) in [5.41, 5.74) is 14.4. The van der Waals surface area contributed by atoms with Crippen molar-refractivity contribution in [2.75, 3.05) is 22.9 Å². The van der Waals surface area contributed by atoms with Crippen LogP contribution in [0, 0.1) is 0 Å². The first-order valence-corrected chi connectivity index (χ1v) is 8.74. The highest BCUT2D eigenvalue weighted by Gasteiger charge is 2.14. The van der Waals surface area contributed by atoms with Crippen molar-refractivity contribution in [1.82, 2.24) is 25.0 Å². The van der Waals surface area contributed by atoms with Gasteiger partial charge in [-0.05, 0) is 31.5 Å². The Morgan fingerprint density at radius 2 is 2.08 bits per heavy atom. The zero-order valence-electron chi connectivity index (χ0n) is 14.7. The lowest BCUT2D eigenvalue weighted by Crippen LogP contribution is -2.26. The lowest BCUT2D eigenvalue weighted by atomic mass is 10.2. The van der Waals surface area contributed by atoms with Gasteiger partial charge in [-0.3, -0.25) is 0 Å². The number of anilines is 3.